The Morgan fingerprint density at radius 1 is 0.904 bits per heavy atom. The van der Waals surface area contributed by atoms with Gasteiger partial charge in [0, 0.05) is 100 Å². The second-order valence-corrected chi connectivity index (χ2v) is 14.0. The van der Waals surface area contributed by atoms with Crippen molar-refractivity contribution < 1.29 is 19.2 Å². The van der Waals surface area contributed by atoms with Crippen LogP contribution in [0.4, 0.5) is 33.4 Å². The summed E-state index contributed by atoms with van der Waals surface area (Å²) >= 11 is 6.41. The second kappa shape index (κ2) is 13.6. The molecule has 4 aromatic rings. The molecule has 2 aromatic heterocycles. The summed E-state index contributed by atoms with van der Waals surface area (Å²) in [7, 11) is 1.82. The number of piperazine rings is 1. The Balaban J connectivity index is 0.899. The van der Waals surface area contributed by atoms with Gasteiger partial charge in [-0.1, -0.05) is 17.7 Å². The van der Waals surface area contributed by atoms with Gasteiger partial charge in [-0.25, -0.2) is 14.3 Å². The molecule has 0 aliphatic carbocycles. The number of fused-ring (bicyclic) bond motifs is 2. The Hall–Kier alpha value is -5.41. The van der Waals surface area contributed by atoms with E-state index in [1.165, 1.54) is 26.9 Å². The molecule has 270 valence electrons. The van der Waals surface area contributed by atoms with E-state index in [9.17, 15) is 19.2 Å². The van der Waals surface area contributed by atoms with Crippen LogP contribution in [0.5, 0.6) is 0 Å². The number of carbonyl (C=O) groups excluding carboxylic acids is 4. The maximum atomic E-state index is 13.5. The molecule has 8 rings (SSSR count). The molecule has 4 aliphatic rings. The number of likely N-dealkylation sites (tertiary alicyclic amines) is 1. The number of primary amides is 1. The quantitative estimate of drug-likeness (QED) is 0.258. The number of hydrogen-bond acceptors (Lipinski definition) is 10. The van der Waals surface area contributed by atoms with Crippen molar-refractivity contribution in [2.75, 3.05) is 79.4 Å². The molecule has 0 spiro atoms. The molecule has 52 heavy (non-hydrogen) atoms. The molecule has 3 fully saturated rings. The lowest BCUT2D eigenvalue weighted by Gasteiger charge is -2.43. The average Bonchev–Trinajstić information content (AvgIpc) is 3.80. The Bertz CT molecular complexity index is 2090. The van der Waals surface area contributed by atoms with Crippen LogP contribution in [-0.2, 0) is 11.2 Å². The van der Waals surface area contributed by atoms with Crippen LogP contribution in [0.3, 0.4) is 0 Å². The van der Waals surface area contributed by atoms with Crippen LogP contribution in [-0.4, -0.2) is 114 Å². The summed E-state index contributed by atoms with van der Waals surface area (Å²) in [5, 5.41) is 10.6. The van der Waals surface area contributed by atoms with Crippen molar-refractivity contribution in [3.63, 3.8) is 0 Å². The van der Waals surface area contributed by atoms with Crippen LogP contribution in [0.15, 0.2) is 48.7 Å². The number of benzene rings is 2. The molecule has 4 aliphatic heterocycles. The summed E-state index contributed by atoms with van der Waals surface area (Å²) in [5.74, 6) is -0.279. The first-order valence-corrected chi connectivity index (χ1v) is 18.0. The first kappa shape index (κ1) is 33.7. The second-order valence-electron chi connectivity index (χ2n) is 13.6. The smallest absolute Gasteiger partial charge is 0.328 e. The largest absolute Gasteiger partial charge is 0.385 e. The number of anilines is 5. The topological polar surface area (TPSA) is 165 Å². The zero-order valence-corrected chi connectivity index (χ0v) is 29.6. The number of hydrogen-bond donors (Lipinski definition) is 3. The van der Waals surface area contributed by atoms with Gasteiger partial charge in [0.1, 0.15) is 5.69 Å². The molecule has 16 heteroatoms. The summed E-state index contributed by atoms with van der Waals surface area (Å²) in [5.41, 5.74) is 11.7. The highest BCUT2D eigenvalue weighted by molar-refractivity contribution is 6.34. The molecular weight excluding hydrogens is 686 g/mol. The molecule has 0 radical (unpaired) electrons. The maximum Gasteiger partial charge on any atom is 0.328 e. The molecule has 3 saturated heterocycles. The fourth-order valence-electron chi connectivity index (χ4n) is 7.98. The van der Waals surface area contributed by atoms with Gasteiger partial charge in [-0.3, -0.25) is 29.5 Å². The number of carbonyl (C=O) groups is 4. The highest BCUT2D eigenvalue weighted by atomic mass is 35.5. The van der Waals surface area contributed by atoms with E-state index in [2.05, 4.69) is 48.5 Å². The number of nitrogens with zero attached hydrogens (tertiary/aromatic N) is 8. The fraction of sp³-hybridized carbons (Fsp3) is 0.389. The van der Waals surface area contributed by atoms with Crippen LogP contribution >= 0.6 is 11.6 Å². The summed E-state index contributed by atoms with van der Waals surface area (Å²) in [6.07, 6.45) is 4.28. The number of imidazole rings is 1. The zero-order chi connectivity index (χ0) is 36.1. The summed E-state index contributed by atoms with van der Waals surface area (Å²) < 4.78 is 1.51. The van der Waals surface area contributed by atoms with Crippen molar-refractivity contribution in [1.82, 2.24) is 29.7 Å². The molecule has 0 atom stereocenters. The first-order valence-electron chi connectivity index (χ1n) is 17.6. The molecule has 15 nitrogen and oxygen atoms in total. The van der Waals surface area contributed by atoms with Crippen LogP contribution in [0.25, 0.3) is 5.65 Å². The van der Waals surface area contributed by atoms with Crippen molar-refractivity contribution in [3.8, 4) is 0 Å². The predicted octanol–water partition coefficient (Wildman–Crippen LogP) is 3.09. The van der Waals surface area contributed by atoms with Crippen LogP contribution in [0.2, 0.25) is 5.02 Å². The van der Waals surface area contributed by atoms with Gasteiger partial charge < -0.3 is 25.8 Å². The lowest BCUT2D eigenvalue weighted by Crippen LogP contribution is -2.54. The zero-order valence-electron chi connectivity index (χ0n) is 28.8. The number of urea groups is 1. The monoisotopic (exact) mass is 725 g/mol. The van der Waals surface area contributed by atoms with Gasteiger partial charge in [0.25, 0.3) is 11.8 Å². The predicted molar refractivity (Wildman–Crippen MR) is 198 cm³/mol. The van der Waals surface area contributed by atoms with E-state index in [1.807, 2.05) is 18.0 Å². The van der Waals surface area contributed by atoms with E-state index in [-0.39, 0.29) is 30.5 Å². The fourth-order valence-corrected chi connectivity index (χ4v) is 8.20. The van der Waals surface area contributed by atoms with Crippen molar-refractivity contribution >= 4 is 69.6 Å². The van der Waals surface area contributed by atoms with Gasteiger partial charge in [-0.15, -0.1) is 5.10 Å². The summed E-state index contributed by atoms with van der Waals surface area (Å²) in [6, 6.07) is 13.2. The number of piperidine rings is 1. The minimum Gasteiger partial charge on any atom is -0.385 e. The normalized spacial score (nSPS) is 18.6. The number of rotatable bonds is 7. The van der Waals surface area contributed by atoms with Gasteiger partial charge >= 0.3 is 6.03 Å². The van der Waals surface area contributed by atoms with Crippen LogP contribution in [0, 0.1) is 0 Å². The minimum atomic E-state index is -0.583. The van der Waals surface area contributed by atoms with E-state index in [1.54, 1.807) is 18.2 Å². The third kappa shape index (κ3) is 6.02. The lowest BCUT2D eigenvalue weighted by atomic mass is 10.0. The van der Waals surface area contributed by atoms with E-state index < -0.39 is 11.9 Å². The molecule has 0 unspecified atom stereocenters. The molecule has 6 heterocycles. The van der Waals surface area contributed by atoms with Crippen molar-refractivity contribution in [3.05, 3.63) is 70.5 Å². The minimum absolute atomic E-state index is 0.0858. The third-order valence-electron chi connectivity index (χ3n) is 10.7. The lowest BCUT2D eigenvalue weighted by molar-refractivity contribution is -0.120. The Labute approximate surface area is 305 Å². The van der Waals surface area contributed by atoms with Crippen LogP contribution in [0.1, 0.15) is 45.7 Å². The van der Waals surface area contributed by atoms with Gasteiger partial charge in [0.2, 0.25) is 5.91 Å². The van der Waals surface area contributed by atoms with E-state index >= 15 is 0 Å². The molecule has 4 N–H and O–H groups in total. The van der Waals surface area contributed by atoms with Gasteiger partial charge in [0.05, 0.1) is 22.6 Å². The first-order chi connectivity index (χ1) is 25.2. The Morgan fingerprint density at radius 2 is 1.65 bits per heavy atom. The molecule has 2 aromatic carbocycles. The average molecular weight is 726 g/mol. The Kier molecular flexibility index (Phi) is 8.83. The van der Waals surface area contributed by atoms with Gasteiger partial charge in [-0.2, -0.15) is 0 Å². The number of nitrogens with two attached hydrogens (primary N) is 1. The van der Waals surface area contributed by atoms with Crippen molar-refractivity contribution in [2.24, 2.45) is 5.73 Å². The third-order valence-corrected chi connectivity index (χ3v) is 11.0. The van der Waals surface area contributed by atoms with E-state index in [4.69, 9.17) is 22.4 Å². The standard InChI is InChI=1S/C36H40ClN11O4/c1-39-26-20-31(42-48-30(33(38)50)21-40-34(26)48)46-13-9-24-27(3-2-4-28(24)46)44-17-15-43(16-18-44)23-7-11-45(12-8-23)35(51)22-5-6-25(37)29(19-22)47-14-10-32(49)41-36(47)52/h2-6,19-21,23,39H,7-18H2,1H3,(H2,38,50)(H,41,49,52). The van der Waals surface area contributed by atoms with Gasteiger partial charge in [-0.05, 0) is 49.6 Å². The number of nitrogens with one attached hydrogen (secondary N) is 2. The molecule has 0 bridgehead atoms. The molecule has 0 saturated carbocycles. The number of aromatic nitrogens is 3. The van der Waals surface area contributed by atoms with E-state index in [0.29, 0.717) is 46.9 Å². The van der Waals surface area contributed by atoms with Gasteiger partial charge in [0.15, 0.2) is 11.5 Å². The van der Waals surface area contributed by atoms with Crippen molar-refractivity contribution in [2.45, 2.75) is 31.7 Å². The number of imide groups is 1. The molecular formula is C36H40ClN11O4. The number of amides is 5. The van der Waals surface area contributed by atoms with E-state index in [0.717, 1.165) is 63.4 Å². The number of halogens is 1. The Morgan fingerprint density at radius 3 is 2.38 bits per heavy atom. The summed E-state index contributed by atoms with van der Waals surface area (Å²) in [6.45, 7) is 5.96. The highest BCUT2D eigenvalue weighted by Crippen LogP contribution is 2.40. The van der Waals surface area contributed by atoms with Crippen LogP contribution < -0.4 is 31.1 Å². The summed E-state index contributed by atoms with van der Waals surface area (Å²) in [4.78, 5) is 64.5. The SMILES string of the molecule is CNc1cc(N2CCc3c(N4CCN(C5CCN(C(=O)c6ccc(Cl)c(N7CCC(=O)NC7=O)c6)CC5)CC4)cccc32)nn2c(C(N)=O)cnc12. The maximum absolute atomic E-state index is 13.5. The molecule has 5 amide bonds. The van der Waals surface area contributed by atoms with Crippen molar-refractivity contribution in [1.29, 1.82) is 0 Å². The highest BCUT2D eigenvalue weighted by Gasteiger charge is 2.33.